The molecular weight excluding hydrogens is 269 g/mol. The first-order valence-electron chi connectivity index (χ1n) is 5.88. The molecule has 4 nitrogen and oxygen atoms in total. The smallest absolute Gasteiger partial charge is 0.170 e. The van der Waals surface area contributed by atoms with Crippen molar-refractivity contribution in [1.82, 2.24) is 14.8 Å². The van der Waals surface area contributed by atoms with Gasteiger partial charge in [0.1, 0.15) is 5.82 Å². The van der Waals surface area contributed by atoms with Crippen molar-refractivity contribution >= 4 is 17.4 Å². The lowest BCUT2D eigenvalue weighted by atomic mass is 10.1. The quantitative estimate of drug-likeness (QED) is 0.810. The Morgan fingerprint density at radius 1 is 1.47 bits per heavy atom. The van der Waals surface area contributed by atoms with Crippen molar-refractivity contribution in [3.05, 3.63) is 46.3 Å². The van der Waals surface area contributed by atoms with Crippen molar-refractivity contribution < 1.29 is 9.18 Å². The number of nitrogens with zero attached hydrogens (tertiary/aromatic N) is 3. The predicted octanol–water partition coefficient (Wildman–Crippen LogP) is 2.82. The molecule has 0 radical (unpaired) electrons. The Kier molecular flexibility index (Phi) is 3.95. The molecule has 0 saturated heterocycles. The molecule has 0 aliphatic rings. The maximum absolute atomic E-state index is 13.0. The van der Waals surface area contributed by atoms with Crippen molar-refractivity contribution in [3.63, 3.8) is 0 Å². The lowest BCUT2D eigenvalue weighted by molar-refractivity contribution is 0.0989. The second kappa shape index (κ2) is 5.48. The molecule has 19 heavy (non-hydrogen) atoms. The van der Waals surface area contributed by atoms with Crippen molar-refractivity contribution in [2.24, 2.45) is 0 Å². The second-order valence-electron chi connectivity index (χ2n) is 4.15. The molecule has 6 heteroatoms. The zero-order chi connectivity index (χ0) is 14.0. The topological polar surface area (TPSA) is 47.8 Å². The Balaban J connectivity index is 2.29. The van der Waals surface area contributed by atoms with Gasteiger partial charge >= 0.3 is 0 Å². The van der Waals surface area contributed by atoms with E-state index in [1.54, 1.807) is 11.6 Å². The number of hydrogen-bond acceptors (Lipinski definition) is 3. The summed E-state index contributed by atoms with van der Waals surface area (Å²) in [4.78, 5) is 15.8. The fourth-order valence-corrected chi connectivity index (χ4v) is 2.06. The number of ketones is 1. The SMILES string of the molecule is CCn1nc(C)c(Cl)c1CC(=O)c1cncc(F)c1. The first kappa shape index (κ1) is 13.7. The van der Waals surface area contributed by atoms with Crippen molar-refractivity contribution in [3.8, 4) is 0 Å². The number of halogens is 2. The predicted molar refractivity (Wildman–Crippen MR) is 69.9 cm³/mol. The van der Waals surface area contributed by atoms with Crippen molar-refractivity contribution in [2.45, 2.75) is 26.8 Å². The number of pyridine rings is 1. The molecular formula is C13H13ClFN3O. The highest BCUT2D eigenvalue weighted by molar-refractivity contribution is 6.32. The summed E-state index contributed by atoms with van der Waals surface area (Å²) < 4.78 is 14.7. The molecule has 0 unspecified atom stereocenters. The van der Waals surface area contributed by atoms with E-state index in [2.05, 4.69) is 10.1 Å². The zero-order valence-corrected chi connectivity index (χ0v) is 11.4. The van der Waals surface area contributed by atoms with Gasteiger partial charge in [0.05, 0.1) is 29.0 Å². The summed E-state index contributed by atoms with van der Waals surface area (Å²) in [5, 5.41) is 4.72. The van der Waals surface area contributed by atoms with Gasteiger partial charge in [-0.3, -0.25) is 14.5 Å². The lowest BCUT2D eigenvalue weighted by Gasteiger charge is -2.05. The van der Waals surface area contributed by atoms with Crippen LogP contribution in [0.15, 0.2) is 18.5 Å². The Labute approximate surface area is 115 Å². The highest BCUT2D eigenvalue weighted by atomic mass is 35.5. The van der Waals surface area contributed by atoms with Gasteiger partial charge in [-0.1, -0.05) is 11.6 Å². The third-order valence-corrected chi connectivity index (χ3v) is 3.30. The molecule has 0 amide bonds. The molecule has 2 aromatic rings. The maximum atomic E-state index is 13.0. The minimum Gasteiger partial charge on any atom is -0.294 e. The van der Waals surface area contributed by atoms with Crippen molar-refractivity contribution in [1.29, 1.82) is 0 Å². The minimum atomic E-state index is -0.530. The highest BCUT2D eigenvalue weighted by Crippen LogP contribution is 2.22. The maximum Gasteiger partial charge on any atom is 0.170 e. The Bertz CT molecular complexity index is 624. The Morgan fingerprint density at radius 3 is 2.84 bits per heavy atom. The molecule has 0 saturated carbocycles. The van der Waals surface area contributed by atoms with Crippen LogP contribution >= 0.6 is 11.6 Å². The number of hydrogen-bond donors (Lipinski definition) is 0. The van der Waals surface area contributed by atoms with E-state index in [1.807, 2.05) is 6.92 Å². The Hall–Kier alpha value is -1.75. The standard InChI is InChI=1S/C13H13ClFN3O/c1-3-18-11(13(14)8(2)17-18)5-12(19)9-4-10(15)7-16-6-9/h4,6-7H,3,5H2,1-2H3. The van der Waals surface area contributed by atoms with Gasteiger partial charge < -0.3 is 0 Å². The van der Waals surface area contributed by atoms with Crippen LogP contribution in [0.5, 0.6) is 0 Å². The van der Waals surface area contributed by atoms with Crippen LogP contribution in [-0.2, 0) is 13.0 Å². The lowest BCUT2D eigenvalue weighted by Crippen LogP contribution is -2.10. The van der Waals surface area contributed by atoms with Gasteiger partial charge in [-0.15, -0.1) is 0 Å². The number of aryl methyl sites for hydroxylation is 2. The molecule has 0 spiro atoms. The number of carbonyl (C=O) groups excluding carboxylic acids is 1. The monoisotopic (exact) mass is 281 g/mol. The van der Waals surface area contributed by atoms with Crippen molar-refractivity contribution in [2.75, 3.05) is 0 Å². The molecule has 100 valence electrons. The molecule has 2 aromatic heterocycles. The third-order valence-electron chi connectivity index (χ3n) is 2.81. The molecule has 0 aliphatic carbocycles. The summed E-state index contributed by atoms with van der Waals surface area (Å²) in [6, 6.07) is 1.17. The summed E-state index contributed by atoms with van der Waals surface area (Å²) in [6.45, 7) is 4.32. The van der Waals surface area contributed by atoms with E-state index in [1.165, 1.54) is 12.3 Å². The van der Waals surface area contributed by atoms with Gasteiger partial charge in [-0.25, -0.2) is 4.39 Å². The number of carbonyl (C=O) groups is 1. The molecule has 0 fully saturated rings. The zero-order valence-electron chi connectivity index (χ0n) is 10.7. The van der Waals surface area contributed by atoms with E-state index < -0.39 is 5.82 Å². The normalized spacial score (nSPS) is 10.7. The van der Waals surface area contributed by atoms with Gasteiger partial charge in [-0.2, -0.15) is 5.10 Å². The van der Waals surface area contributed by atoms with E-state index in [-0.39, 0.29) is 17.8 Å². The van der Waals surface area contributed by atoms with Gasteiger partial charge in [0.2, 0.25) is 0 Å². The average molecular weight is 282 g/mol. The summed E-state index contributed by atoms with van der Waals surface area (Å²) in [7, 11) is 0. The van der Waals surface area contributed by atoms with Crippen LogP contribution < -0.4 is 0 Å². The number of aromatic nitrogens is 3. The molecule has 0 bridgehead atoms. The van der Waals surface area contributed by atoms with Crippen LogP contribution in [0.4, 0.5) is 4.39 Å². The average Bonchev–Trinajstić information content (AvgIpc) is 2.66. The summed E-state index contributed by atoms with van der Waals surface area (Å²) in [5.41, 5.74) is 1.57. The van der Waals surface area contributed by atoms with Crippen LogP contribution in [0.3, 0.4) is 0 Å². The number of rotatable bonds is 4. The summed E-state index contributed by atoms with van der Waals surface area (Å²) in [5.74, 6) is -0.763. The van der Waals surface area contributed by atoms with Crippen LogP contribution in [0.1, 0.15) is 28.7 Å². The van der Waals surface area contributed by atoms with E-state index in [9.17, 15) is 9.18 Å². The van der Waals surface area contributed by atoms with Gasteiger partial charge in [0.15, 0.2) is 5.78 Å². The van der Waals surface area contributed by atoms with Crippen LogP contribution in [0.2, 0.25) is 5.02 Å². The Morgan fingerprint density at radius 2 is 2.21 bits per heavy atom. The fourth-order valence-electron chi connectivity index (χ4n) is 1.86. The summed E-state index contributed by atoms with van der Waals surface area (Å²) in [6.07, 6.45) is 2.49. The second-order valence-corrected chi connectivity index (χ2v) is 4.53. The van der Waals surface area contributed by atoms with E-state index in [0.717, 1.165) is 6.20 Å². The fraction of sp³-hybridized carbons (Fsp3) is 0.308. The molecule has 2 rings (SSSR count). The van der Waals surface area contributed by atoms with Crippen LogP contribution in [-0.4, -0.2) is 20.5 Å². The number of Topliss-reactive ketones (excluding diaryl/α,β-unsaturated/α-hetero) is 1. The summed E-state index contributed by atoms with van der Waals surface area (Å²) >= 11 is 6.13. The molecule has 2 heterocycles. The van der Waals surface area contributed by atoms with E-state index in [4.69, 9.17) is 11.6 Å². The van der Waals surface area contributed by atoms with Gasteiger partial charge in [0, 0.05) is 18.3 Å². The van der Waals surface area contributed by atoms with Crippen LogP contribution in [0.25, 0.3) is 0 Å². The van der Waals surface area contributed by atoms with E-state index in [0.29, 0.717) is 23.0 Å². The molecule has 0 atom stereocenters. The van der Waals surface area contributed by atoms with Crippen LogP contribution in [0, 0.1) is 12.7 Å². The molecule has 0 N–H and O–H groups in total. The first-order chi connectivity index (χ1) is 9.02. The molecule has 0 aromatic carbocycles. The highest BCUT2D eigenvalue weighted by Gasteiger charge is 2.17. The molecule has 0 aliphatic heterocycles. The largest absolute Gasteiger partial charge is 0.294 e. The first-order valence-corrected chi connectivity index (χ1v) is 6.26. The third kappa shape index (κ3) is 2.81. The minimum absolute atomic E-state index is 0.0820. The van der Waals surface area contributed by atoms with E-state index >= 15 is 0 Å². The van der Waals surface area contributed by atoms with Gasteiger partial charge in [-0.05, 0) is 19.9 Å². The van der Waals surface area contributed by atoms with Gasteiger partial charge in [0.25, 0.3) is 0 Å².